The fourth-order valence-corrected chi connectivity index (χ4v) is 6.10. The van der Waals surface area contributed by atoms with Crippen LogP contribution in [-0.2, 0) is 4.79 Å². The molecule has 9 heteroatoms. The van der Waals surface area contributed by atoms with E-state index in [0.29, 0.717) is 18.8 Å². The van der Waals surface area contributed by atoms with Gasteiger partial charge in [0.25, 0.3) is 5.91 Å². The molecule has 0 aliphatic carbocycles. The van der Waals surface area contributed by atoms with Gasteiger partial charge in [-0.1, -0.05) is 57.5 Å². The zero-order chi connectivity index (χ0) is 26.5. The summed E-state index contributed by atoms with van der Waals surface area (Å²) in [5, 5.41) is 4.99. The first-order valence-electron chi connectivity index (χ1n) is 12.3. The van der Waals surface area contributed by atoms with E-state index in [0.717, 1.165) is 55.7 Å². The number of hydrogen-bond acceptors (Lipinski definition) is 6. The fraction of sp³-hybridized carbons (Fsp3) is 0.207. The summed E-state index contributed by atoms with van der Waals surface area (Å²) in [4.78, 5) is 34.1. The summed E-state index contributed by atoms with van der Waals surface area (Å²) in [7, 11) is 0. The molecular weight excluding hydrogens is 580 g/mol. The predicted molar refractivity (Wildman–Crippen MR) is 160 cm³/mol. The molecule has 0 saturated carbocycles. The first kappa shape index (κ1) is 26.5. The number of piperazine rings is 1. The van der Waals surface area contributed by atoms with E-state index in [9.17, 15) is 9.59 Å². The van der Waals surface area contributed by atoms with Crippen LogP contribution in [0.5, 0.6) is 0 Å². The molecule has 38 heavy (non-hydrogen) atoms. The molecule has 1 aliphatic heterocycles. The van der Waals surface area contributed by atoms with Crippen LogP contribution in [0.3, 0.4) is 0 Å². The van der Waals surface area contributed by atoms with Crippen LogP contribution in [0.4, 0.5) is 11.4 Å². The van der Waals surface area contributed by atoms with Gasteiger partial charge in [-0.3, -0.25) is 9.59 Å². The highest BCUT2D eigenvalue weighted by Gasteiger charge is 2.22. The summed E-state index contributed by atoms with van der Waals surface area (Å²) < 4.78 is 1.90. The van der Waals surface area contributed by atoms with Crippen molar-refractivity contribution in [2.75, 3.05) is 42.1 Å². The number of anilines is 2. The first-order chi connectivity index (χ1) is 18.4. The maximum atomic E-state index is 12.8. The third-order valence-corrected chi connectivity index (χ3v) is 8.88. The van der Waals surface area contributed by atoms with E-state index in [1.165, 1.54) is 11.8 Å². The number of nitrogens with one attached hydrogen (secondary N) is 1. The quantitative estimate of drug-likeness (QED) is 0.241. The Kier molecular flexibility index (Phi) is 8.46. The summed E-state index contributed by atoms with van der Waals surface area (Å²) >= 11 is 6.43. The number of thiazole rings is 1. The maximum Gasteiger partial charge on any atom is 0.253 e. The molecule has 5 rings (SSSR count). The van der Waals surface area contributed by atoms with E-state index in [1.807, 2.05) is 90.0 Å². The van der Waals surface area contributed by atoms with Crippen molar-refractivity contribution in [3.05, 3.63) is 93.8 Å². The SMILES string of the molecule is Cc1ccc(C(=O)N2CCN(c3ccc(NC(=O)CSc4nc(-c5ccc(Br)cc5)cs4)cc3)CC2)cc1. The molecule has 194 valence electrons. The molecule has 4 aromatic rings. The topological polar surface area (TPSA) is 65.5 Å². The van der Waals surface area contributed by atoms with E-state index < -0.39 is 0 Å². The average molecular weight is 608 g/mol. The molecule has 1 fully saturated rings. The van der Waals surface area contributed by atoms with Gasteiger partial charge in [0.2, 0.25) is 5.91 Å². The zero-order valence-corrected chi connectivity index (χ0v) is 24.1. The van der Waals surface area contributed by atoms with Crippen molar-refractivity contribution in [2.45, 2.75) is 11.3 Å². The fourth-order valence-electron chi connectivity index (χ4n) is 4.20. The van der Waals surface area contributed by atoms with Gasteiger partial charge in [-0.25, -0.2) is 4.98 Å². The normalized spacial score (nSPS) is 13.4. The summed E-state index contributed by atoms with van der Waals surface area (Å²) in [6, 6.07) is 23.7. The summed E-state index contributed by atoms with van der Waals surface area (Å²) in [5.74, 6) is 0.320. The lowest BCUT2D eigenvalue weighted by molar-refractivity contribution is -0.113. The Morgan fingerprint density at radius 1 is 0.947 bits per heavy atom. The van der Waals surface area contributed by atoms with Crippen molar-refractivity contribution in [1.82, 2.24) is 9.88 Å². The van der Waals surface area contributed by atoms with Crippen LogP contribution in [0.25, 0.3) is 11.3 Å². The number of amides is 2. The van der Waals surface area contributed by atoms with Crippen LogP contribution in [0, 0.1) is 6.92 Å². The Bertz CT molecular complexity index is 1400. The smallest absolute Gasteiger partial charge is 0.253 e. The minimum atomic E-state index is -0.0635. The van der Waals surface area contributed by atoms with E-state index in [1.54, 1.807) is 11.3 Å². The minimum absolute atomic E-state index is 0.0635. The van der Waals surface area contributed by atoms with Gasteiger partial charge in [-0.05, 0) is 55.5 Å². The Morgan fingerprint density at radius 3 is 2.32 bits per heavy atom. The van der Waals surface area contributed by atoms with Gasteiger partial charge in [0, 0.05) is 58.5 Å². The summed E-state index contributed by atoms with van der Waals surface area (Å²) in [6.07, 6.45) is 0. The lowest BCUT2D eigenvalue weighted by Gasteiger charge is -2.36. The Balaban J connectivity index is 1.08. The molecule has 1 aromatic heterocycles. The number of benzene rings is 3. The number of aryl methyl sites for hydroxylation is 1. The van der Waals surface area contributed by atoms with E-state index >= 15 is 0 Å². The van der Waals surface area contributed by atoms with Gasteiger partial charge in [-0.2, -0.15) is 0 Å². The largest absolute Gasteiger partial charge is 0.368 e. The Morgan fingerprint density at radius 2 is 1.63 bits per heavy atom. The van der Waals surface area contributed by atoms with Gasteiger partial charge in [-0.15, -0.1) is 11.3 Å². The van der Waals surface area contributed by atoms with Gasteiger partial charge in [0.1, 0.15) is 0 Å². The van der Waals surface area contributed by atoms with Gasteiger partial charge in [0.05, 0.1) is 11.4 Å². The van der Waals surface area contributed by atoms with E-state index in [4.69, 9.17) is 0 Å². The highest BCUT2D eigenvalue weighted by molar-refractivity contribution is 9.10. The molecule has 6 nitrogen and oxygen atoms in total. The molecular formula is C29H27BrN4O2S2. The number of halogens is 1. The van der Waals surface area contributed by atoms with Crippen LogP contribution < -0.4 is 10.2 Å². The molecule has 1 saturated heterocycles. The molecule has 0 atom stereocenters. The number of thioether (sulfide) groups is 1. The molecule has 0 bridgehead atoms. The lowest BCUT2D eigenvalue weighted by Crippen LogP contribution is -2.48. The van der Waals surface area contributed by atoms with Crippen LogP contribution in [0.1, 0.15) is 15.9 Å². The van der Waals surface area contributed by atoms with E-state index in [2.05, 4.69) is 31.1 Å². The first-order valence-corrected chi connectivity index (χ1v) is 15.0. The third-order valence-electron chi connectivity index (χ3n) is 6.33. The molecule has 3 aromatic carbocycles. The molecule has 1 N–H and O–H groups in total. The van der Waals surface area contributed by atoms with Crippen molar-refractivity contribution in [1.29, 1.82) is 0 Å². The number of rotatable bonds is 7. The molecule has 0 radical (unpaired) electrons. The van der Waals surface area contributed by atoms with E-state index in [-0.39, 0.29) is 11.8 Å². The average Bonchev–Trinajstić information content (AvgIpc) is 3.42. The van der Waals surface area contributed by atoms with Gasteiger partial charge in [0.15, 0.2) is 4.34 Å². The molecule has 1 aliphatic rings. The van der Waals surface area contributed by atoms with Crippen molar-refractivity contribution >= 4 is 62.2 Å². The maximum absolute atomic E-state index is 12.8. The monoisotopic (exact) mass is 606 g/mol. The van der Waals surface area contributed by atoms with Crippen molar-refractivity contribution in [3.63, 3.8) is 0 Å². The predicted octanol–water partition coefficient (Wildman–Crippen LogP) is 6.57. The second-order valence-electron chi connectivity index (χ2n) is 9.03. The third kappa shape index (κ3) is 6.64. The highest BCUT2D eigenvalue weighted by atomic mass is 79.9. The molecule has 0 unspecified atom stereocenters. The summed E-state index contributed by atoms with van der Waals surface area (Å²) in [6.45, 7) is 4.93. The van der Waals surface area contributed by atoms with Gasteiger partial charge >= 0.3 is 0 Å². The zero-order valence-electron chi connectivity index (χ0n) is 20.9. The van der Waals surface area contributed by atoms with Crippen molar-refractivity contribution in [2.24, 2.45) is 0 Å². The Hall–Kier alpha value is -3.14. The van der Waals surface area contributed by atoms with Crippen LogP contribution >= 0.6 is 39.0 Å². The molecule has 2 amide bonds. The number of carbonyl (C=O) groups is 2. The number of carbonyl (C=O) groups excluding carboxylic acids is 2. The second kappa shape index (κ2) is 12.1. The standard InChI is InChI=1S/C29H27BrN4O2S2/c1-20-2-4-22(5-3-20)28(36)34-16-14-33(15-17-34)25-12-10-24(11-13-25)31-27(35)19-38-29-32-26(18-37-29)21-6-8-23(30)9-7-21/h2-13,18H,14-17,19H2,1H3,(H,31,35). The molecule has 2 heterocycles. The van der Waals surface area contributed by atoms with Crippen LogP contribution in [0.15, 0.2) is 87.0 Å². The lowest BCUT2D eigenvalue weighted by atomic mass is 10.1. The number of aromatic nitrogens is 1. The van der Waals surface area contributed by atoms with Crippen molar-refractivity contribution < 1.29 is 9.59 Å². The Labute approximate surface area is 239 Å². The van der Waals surface area contributed by atoms with Crippen molar-refractivity contribution in [3.8, 4) is 11.3 Å². The van der Waals surface area contributed by atoms with Gasteiger partial charge < -0.3 is 15.1 Å². The second-order valence-corrected chi connectivity index (χ2v) is 12.0. The van der Waals surface area contributed by atoms with Crippen LogP contribution in [-0.4, -0.2) is 53.6 Å². The van der Waals surface area contributed by atoms with Crippen LogP contribution in [0.2, 0.25) is 0 Å². The minimum Gasteiger partial charge on any atom is -0.368 e. The number of hydrogen-bond donors (Lipinski definition) is 1. The molecule has 0 spiro atoms. The highest BCUT2D eigenvalue weighted by Crippen LogP contribution is 2.29. The summed E-state index contributed by atoms with van der Waals surface area (Å²) in [5.41, 5.74) is 5.71. The number of nitrogens with zero attached hydrogens (tertiary/aromatic N) is 3.